The van der Waals surface area contributed by atoms with E-state index in [1.165, 1.54) is 38.1 Å². The van der Waals surface area contributed by atoms with Crippen LogP contribution in [0.5, 0.6) is 0 Å². The Labute approximate surface area is 180 Å². The van der Waals surface area contributed by atoms with Crippen molar-refractivity contribution in [2.24, 2.45) is 0 Å². The van der Waals surface area contributed by atoms with Gasteiger partial charge in [0.15, 0.2) is 5.65 Å². The molecule has 3 aliphatic rings. The topological polar surface area (TPSA) is 49.6 Å². The minimum atomic E-state index is -0.259. The van der Waals surface area contributed by atoms with Gasteiger partial charge in [0, 0.05) is 55.7 Å². The molecule has 0 atom stereocenters. The van der Waals surface area contributed by atoms with Crippen molar-refractivity contribution >= 4 is 11.5 Å². The van der Waals surface area contributed by atoms with E-state index in [9.17, 15) is 4.39 Å². The maximum atomic E-state index is 13.5. The lowest BCUT2D eigenvalue weighted by atomic mass is 10.1. The second-order valence-electron chi connectivity index (χ2n) is 8.28. The molecule has 31 heavy (non-hydrogen) atoms. The third-order valence-electron chi connectivity index (χ3n) is 6.48. The van der Waals surface area contributed by atoms with Gasteiger partial charge < -0.3 is 9.80 Å². The molecule has 0 unspecified atom stereocenters. The van der Waals surface area contributed by atoms with E-state index in [0.29, 0.717) is 6.04 Å². The van der Waals surface area contributed by atoms with E-state index in [-0.39, 0.29) is 5.82 Å². The quantitative estimate of drug-likeness (QED) is 0.509. The first-order valence-corrected chi connectivity index (χ1v) is 10.8. The number of fused-ring (bicyclic) bond motifs is 5. The van der Waals surface area contributed by atoms with Gasteiger partial charge in [-0.2, -0.15) is 0 Å². The summed E-state index contributed by atoms with van der Waals surface area (Å²) in [5.41, 5.74) is 4.31. The summed E-state index contributed by atoms with van der Waals surface area (Å²) in [4.78, 5) is 14.0. The fraction of sp³-hybridized carbons (Fsp3) is 0.292. The van der Waals surface area contributed by atoms with E-state index in [1.54, 1.807) is 24.5 Å². The Morgan fingerprint density at radius 3 is 2.35 bits per heavy atom. The van der Waals surface area contributed by atoms with E-state index in [4.69, 9.17) is 10.1 Å². The van der Waals surface area contributed by atoms with Crippen LogP contribution in [0.2, 0.25) is 0 Å². The van der Waals surface area contributed by atoms with Crippen molar-refractivity contribution in [1.29, 1.82) is 0 Å². The first-order valence-electron chi connectivity index (χ1n) is 10.8. The van der Waals surface area contributed by atoms with Crippen LogP contribution in [-0.2, 0) is 0 Å². The molecule has 3 aromatic heterocycles. The van der Waals surface area contributed by atoms with Crippen LogP contribution >= 0.6 is 0 Å². The van der Waals surface area contributed by atoms with Crippen LogP contribution in [0, 0.1) is 5.82 Å². The van der Waals surface area contributed by atoms with Crippen LogP contribution in [0.25, 0.3) is 28.2 Å². The molecular formula is C24H23FN6. The van der Waals surface area contributed by atoms with Crippen molar-refractivity contribution in [2.75, 3.05) is 31.1 Å². The number of aromatic nitrogens is 4. The molecule has 6 heterocycles. The summed E-state index contributed by atoms with van der Waals surface area (Å²) in [5, 5.41) is 5.06. The van der Waals surface area contributed by atoms with Gasteiger partial charge in [-0.05, 0) is 61.4 Å². The normalized spacial score (nSPS) is 20.9. The maximum Gasteiger partial charge on any atom is 0.155 e. The van der Waals surface area contributed by atoms with Crippen LogP contribution in [-0.4, -0.2) is 56.7 Å². The monoisotopic (exact) mass is 414 g/mol. The third kappa shape index (κ3) is 3.25. The molecule has 3 aliphatic heterocycles. The molecule has 0 aliphatic carbocycles. The largest absolute Gasteiger partial charge is 0.351 e. The Bertz CT molecular complexity index is 1210. The summed E-state index contributed by atoms with van der Waals surface area (Å²) < 4.78 is 15.5. The molecule has 3 saturated heterocycles. The number of nitrogens with zero attached hydrogens (tertiary/aromatic N) is 6. The van der Waals surface area contributed by atoms with Crippen molar-refractivity contribution < 1.29 is 4.39 Å². The number of imidazole rings is 1. The molecule has 1 aromatic carbocycles. The van der Waals surface area contributed by atoms with Crippen molar-refractivity contribution in [1.82, 2.24) is 24.5 Å². The number of anilines is 1. The maximum absolute atomic E-state index is 13.5. The zero-order chi connectivity index (χ0) is 20.8. The van der Waals surface area contributed by atoms with Crippen molar-refractivity contribution in [2.45, 2.75) is 18.9 Å². The van der Waals surface area contributed by atoms with Gasteiger partial charge in [0.05, 0.1) is 5.69 Å². The summed E-state index contributed by atoms with van der Waals surface area (Å²) in [6.07, 6.45) is 5.91. The third-order valence-corrected chi connectivity index (χ3v) is 6.48. The van der Waals surface area contributed by atoms with Crippen LogP contribution in [0.15, 0.2) is 60.9 Å². The van der Waals surface area contributed by atoms with Crippen molar-refractivity contribution in [3.8, 4) is 22.5 Å². The first kappa shape index (κ1) is 18.4. The Kier molecular flexibility index (Phi) is 4.42. The van der Waals surface area contributed by atoms with Gasteiger partial charge in [0.1, 0.15) is 17.3 Å². The number of hydrogen-bond acceptors (Lipinski definition) is 5. The lowest BCUT2D eigenvalue weighted by molar-refractivity contribution is 0.250. The predicted octanol–water partition coefficient (Wildman–Crippen LogP) is 3.88. The standard InChI is InChI=1S/C24H23FN6/c25-19-3-1-17(2-4-19)23-24(18-7-11-26-12-8-18)31-21(27-23)5-6-22(28-31)30-16-15-29-13-9-20(30)10-14-29/h1-8,11-12,20H,9-10,13-16H2. The highest BCUT2D eigenvalue weighted by molar-refractivity contribution is 5.81. The smallest absolute Gasteiger partial charge is 0.155 e. The van der Waals surface area contributed by atoms with E-state index in [0.717, 1.165) is 47.1 Å². The molecule has 6 nitrogen and oxygen atoms in total. The molecule has 0 radical (unpaired) electrons. The van der Waals surface area contributed by atoms with Gasteiger partial charge >= 0.3 is 0 Å². The second kappa shape index (κ2) is 7.42. The second-order valence-corrected chi connectivity index (χ2v) is 8.28. The molecule has 4 aromatic rings. The number of piperidine rings is 1. The van der Waals surface area contributed by atoms with E-state index >= 15 is 0 Å². The van der Waals surface area contributed by atoms with Gasteiger partial charge in [-0.25, -0.2) is 13.9 Å². The van der Waals surface area contributed by atoms with Gasteiger partial charge in [-0.3, -0.25) is 4.98 Å². The summed E-state index contributed by atoms with van der Waals surface area (Å²) in [5.74, 6) is 0.727. The molecule has 0 N–H and O–H groups in total. The van der Waals surface area contributed by atoms with Crippen molar-refractivity contribution in [3.63, 3.8) is 0 Å². The molecular weight excluding hydrogens is 391 g/mol. The van der Waals surface area contributed by atoms with Crippen LogP contribution < -0.4 is 4.90 Å². The summed E-state index contributed by atoms with van der Waals surface area (Å²) >= 11 is 0. The lowest BCUT2D eigenvalue weighted by Gasteiger charge is -2.32. The van der Waals surface area contributed by atoms with Gasteiger partial charge in [-0.15, -0.1) is 5.10 Å². The van der Waals surface area contributed by atoms with Gasteiger partial charge in [0.25, 0.3) is 0 Å². The number of pyridine rings is 1. The lowest BCUT2D eigenvalue weighted by Crippen LogP contribution is -2.38. The molecule has 156 valence electrons. The zero-order valence-electron chi connectivity index (χ0n) is 17.2. The number of benzene rings is 1. The highest BCUT2D eigenvalue weighted by Crippen LogP contribution is 2.33. The molecule has 3 fully saturated rings. The number of rotatable bonds is 3. The first-order chi connectivity index (χ1) is 15.3. The van der Waals surface area contributed by atoms with Crippen LogP contribution in [0.1, 0.15) is 12.8 Å². The Hall–Kier alpha value is -3.32. The fourth-order valence-corrected chi connectivity index (χ4v) is 4.84. The Morgan fingerprint density at radius 2 is 1.58 bits per heavy atom. The minimum Gasteiger partial charge on any atom is -0.351 e. The average molecular weight is 414 g/mol. The zero-order valence-corrected chi connectivity index (χ0v) is 17.2. The molecule has 2 bridgehead atoms. The molecule has 7 rings (SSSR count). The Morgan fingerprint density at radius 1 is 0.806 bits per heavy atom. The number of hydrogen-bond donors (Lipinski definition) is 0. The number of halogens is 1. The SMILES string of the molecule is Fc1ccc(-c2nc3ccc(N4CCN5CCC4CC5)nn3c2-c2ccncc2)cc1. The average Bonchev–Trinajstić information content (AvgIpc) is 2.93. The molecule has 7 heteroatoms. The molecule has 0 amide bonds. The van der Waals surface area contributed by atoms with E-state index in [1.807, 2.05) is 22.7 Å². The van der Waals surface area contributed by atoms with Gasteiger partial charge in [-0.1, -0.05) is 0 Å². The van der Waals surface area contributed by atoms with Crippen LogP contribution in [0.4, 0.5) is 10.2 Å². The highest BCUT2D eigenvalue weighted by atomic mass is 19.1. The summed E-state index contributed by atoms with van der Waals surface area (Å²) in [7, 11) is 0. The summed E-state index contributed by atoms with van der Waals surface area (Å²) in [6, 6.07) is 15.1. The Balaban J connectivity index is 1.52. The van der Waals surface area contributed by atoms with Crippen LogP contribution in [0.3, 0.4) is 0 Å². The summed E-state index contributed by atoms with van der Waals surface area (Å²) in [6.45, 7) is 4.42. The van der Waals surface area contributed by atoms with Gasteiger partial charge in [0.2, 0.25) is 0 Å². The van der Waals surface area contributed by atoms with Crippen molar-refractivity contribution in [3.05, 3.63) is 66.7 Å². The minimum absolute atomic E-state index is 0.259. The molecule has 0 spiro atoms. The van der Waals surface area contributed by atoms with E-state index in [2.05, 4.69) is 20.9 Å². The van der Waals surface area contributed by atoms with E-state index < -0.39 is 0 Å². The fourth-order valence-electron chi connectivity index (χ4n) is 4.84. The highest BCUT2D eigenvalue weighted by Gasteiger charge is 2.30. The molecule has 0 saturated carbocycles. The predicted molar refractivity (Wildman–Crippen MR) is 118 cm³/mol.